The maximum Gasteiger partial charge on any atom is 0.0809 e. The molecule has 4 nitrogen and oxygen atoms in total. The average molecular weight is 204 g/mol. The third kappa shape index (κ3) is 5.54. The van der Waals surface area contributed by atoms with E-state index in [-0.39, 0.29) is 6.10 Å². The Morgan fingerprint density at radius 3 is 2.86 bits per heavy atom. The van der Waals surface area contributed by atoms with Gasteiger partial charge < -0.3 is 19.3 Å². The second-order valence-electron chi connectivity index (χ2n) is 3.63. The monoisotopic (exact) mass is 204 g/mol. The van der Waals surface area contributed by atoms with Crippen molar-refractivity contribution in [3.63, 3.8) is 0 Å². The van der Waals surface area contributed by atoms with Gasteiger partial charge >= 0.3 is 0 Å². The molecule has 1 rings (SSSR count). The Hall–Kier alpha value is -0.160. The molecule has 2 unspecified atom stereocenters. The predicted octanol–water partition coefficient (Wildman–Crippen LogP) is 0.579. The predicted molar refractivity (Wildman–Crippen MR) is 52.3 cm³/mol. The number of rotatable bonds is 7. The van der Waals surface area contributed by atoms with Crippen LogP contribution in [0.1, 0.15) is 19.8 Å². The van der Waals surface area contributed by atoms with Crippen molar-refractivity contribution in [3.8, 4) is 0 Å². The van der Waals surface area contributed by atoms with E-state index in [0.717, 1.165) is 19.4 Å². The van der Waals surface area contributed by atoms with Crippen LogP contribution < -0.4 is 0 Å². The Bertz CT molecular complexity index is 132. The van der Waals surface area contributed by atoms with E-state index in [1.165, 1.54) is 0 Å². The molecule has 2 atom stereocenters. The minimum Gasteiger partial charge on any atom is -0.391 e. The van der Waals surface area contributed by atoms with Crippen molar-refractivity contribution in [2.75, 3.05) is 33.0 Å². The molecule has 0 amide bonds. The maximum atomic E-state index is 8.90. The van der Waals surface area contributed by atoms with Crippen molar-refractivity contribution >= 4 is 0 Å². The van der Waals surface area contributed by atoms with Gasteiger partial charge in [0.25, 0.3) is 0 Å². The van der Waals surface area contributed by atoms with Crippen LogP contribution in [0, 0.1) is 0 Å². The number of aliphatic hydroxyl groups is 1. The van der Waals surface area contributed by atoms with Gasteiger partial charge in [0.15, 0.2) is 0 Å². The van der Waals surface area contributed by atoms with Crippen molar-refractivity contribution < 1.29 is 19.3 Å². The molecule has 0 aromatic carbocycles. The normalized spacial score (nSPS) is 24.0. The highest BCUT2D eigenvalue weighted by Crippen LogP contribution is 2.11. The van der Waals surface area contributed by atoms with Gasteiger partial charge in [-0.25, -0.2) is 0 Å². The quantitative estimate of drug-likeness (QED) is 0.616. The smallest absolute Gasteiger partial charge is 0.0809 e. The standard InChI is InChI=1S/C10H20O4/c1-9(11)7-12-5-6-13-8-10-3-2-4-14-10/h9-11H,2-8H2,1H3. The summed E-state index contributed by atoms with van der Waals surface area (Å²) in [6.07, 6.45) is 2.14. The highest BCUT2D eigenvalue weighted by atomic mass is 16.6. The summed E-state index contributed by atoms with van der Waals surface area (Å²) in [6, 6.07) is 0. The van der Waals surface area contributed by atoms with Gasteiger partial charge in [0.2, 0.25) is 0 Å². The van der Waals surface area contributed by atoms with E-state index in [1.807, 2.05) is 0 Å². The molecule has 1 aliphatic rings. The van der Waals surface area contributed by atoms with Crippen LogP contribution in [0.5, 0.6) is 0 Å². The van der Waals surface area contributed by atoms with Crippen LogP contribution in [-0.4, -0.2) is 50.3 Å². The minimum atomic E-state index is -0.395. The van der Waals surface area contributed by atoms with Gasteiger partial charge in [-0.15, -0.1) is 0 Å². The van der Waals surface area contributed by atoms with E-state index in [4.69, 9.17) is 19.3 Å². The molecule has 14 heavy (non-hydrogen) atoms. The lowest BCUT2D eigenvalue weighted by Crippen LogP contribution is -2.18. The lowest BCUT2D eigenvalue weighted by Gasteiger charge is -2.10. The van der Waals surface area contributed by atoms with Gasteiger partial charge in [0.05, 0.1) is 38.6 Å². The first-order valence-electron chi connectivity index (χ1n) is 5.24. The lowest BCUT2D eigenvalue weighted by molar-refractivity contribution is -0.0201. The van der Waals surface area contributed by atoms with E-state index >= 15 is 0 Å². The van der Waals surface area contributed by atoms with E-state index in [2.05, 4.69) is 0 Å². The number of hydrogen-bond donors (Lipinski definition) is 1. The maximum absolute atomic E-state index is 8.90. The van der Waals surface area contributed by atoms with Crippen molar-refractivity contribution in [2.24, 2.45) is 0 Å². The summed E-state index contributed by atoms with van der Waals surface area (Å²) in [7, 11) is 0. The van der Waals surface area contributed by atoms with Crippen molar-refractivity contribution in [3.05, 3.63) is 0 Å². The van der Waals surface area contributed by atoms with Crippen molar-refractivity contribution in [1.82, 2.24) is 0 Å². The van der Waals surface area contributed by atoms with Crippen LogP contribution in [0.25, 0.3) is 0 Å². The first-order valence-corrected chi connectivity index (χ1v) is 5.24. The Labute approximate surface area is 85.2 Å². The van der Waals surface area contributed by atoms with Crippen LogP contribution in [0.15, 0.2) is 0 Å². The molecule has 1 saturated heterocycles. The molecule has 4 heteroatoms. The molecule has 0 saturated carbocycles. The van der Waals surface area contributed by atoms with Crippen molar-refractivity contribution in [2.45, 2.75) is 32.0 Å². The summed E-state index contributed by atoms with van der Waals surface area (Å²) in [4.78, 5) is 0. The van der Waals surface area contributed by atoms with Crippen LogP contribution in [-0.2, 0) is 14.2 Å². The average Bonchev–Trinajstić information content (AvgIpc) is 2.63. The van der Waals surface area contributed by atoms with E-state index < -0.39 is 6.10 Å². The van der Waals surface area contributed by atoms with Gasteiger partial charge in [-0.2, -0.15) is 0 Å². The van der Waals surface area contributed by atoms with E-state index in [1.54, 1.807) is 6.92 Å². The zero-order valence-corrected chi connectivity index (χ0v) is 8.78. The van der Waals surface area contributed by atoms with E-state index in [0.29, 0.717) is 26.4 Å². The summed E-state index contributed by atoms with van der Waals surface area (Å²) in [5.74, 6) is 0. The molecule has 1 heterocycles. The Kier molecular flexibility index (Phi) is 6.10. The molecular formula is C10H20O4. The van der Waals surface area contributed by atoms with Gasteiger partial charge in [-0.05, 0) is 19.8 Å². The molecule has 84 valence electrons. The summed E-state index contributed by atoms with van der Waals surface area (Å²) in [5, 5.41) is 8.90. The van der Waals surface area contributed by atoms with Crippen LogP contribution in [0.2, 0.25) is 0 Å². The molecule has 0 aromatic heterocycles. The summed E-state index contributed by atoms with van der Waals surface area (Å²) >= 11 is 0. The fourth-order valence-corrected chi connectivity index (χ4v) is 1.36. The molecule has 0 aromatic rings. The third-order valence-electron chi connectivity index (χ3n) is 2.06. The molecule has 0 aliphatic carbocycles. The summed E-state index contributed by atoms with van der Waals surface area (Å²) in [5.41, 5.74) is 0. The summed E-state index contributed by atoms with van der Waals surface area (Å²) < 4.78 is 15.9. The first-order chi connectivity index (χ1) is 6.79. The van der Waals surface area contributed by atoms with Gasteiger partial charge in [-0.3, -0.25) is 0 Å². The highest BCUT2D eigenvalue weighted by Gasteiger charge is 2.14. The molecular weight excluding hydrogens is 184 g/mol. The first kappa shape index (κ1) is 11.9. The number of hydrogen-bond acceptors (Lipinski definition) is 4. The SMILES string of the molecule is CC(O)COCCOCC1CCCO1. The van der Waals surface area contributed by atoms with Crippen LogP contribution in [0.3, 0.4) is 0 Å². The van der Waals surface area contributed by atoms with Gasteiger partial charge in [0, 0.05) is 6.61 Å². The fraction of sp³-hybridized carbons (Fsp3) is 1.00. The second kappa shape index (κ2) is 7.17. The zero-order valence-electron chi connectivity index (χ0n) is 8.78. The zero-order chi connectivity index (χ0) is 10.2. The van der Waals surface area contributed by atoms with Crippen LogP contribution >= 0.6 is 0 Å². The van der Waals surface area contributed by atoms with Gasteiger partial charge in [-0.1, -0.05) is 0 Å². The molecule has 0 spiro atoms. The van der Waals surface area contributed by atoms with E-state index in [9.17, 15) is 0 Å². The summed E-state index contributed by atoms with van der Waals surface area (Å²) in [6.45, 7) is 4.73. The minimum absolute atomic E-state index is 0.284. The fourth-order valence-electron chi connectivity index (χ4n) is 1.36. The van der Waals surface area contributed by atoms with Crippen molar-refractivity contribution in [1.29, 1.82) is 0 Å². The van der Waals surface area contributed by atoms with Gasteiger partial charge in [0.1, 0.15) is 0 Å². The highest BCUT2D eigenvalue weighted by molar-refractivity contribution is 4.63. The Morgan fingerprint density at radius 1 is 1.43 bits per heavy atom. The second-order valence-corrected chi connectivity index (χ2v) is 3.63. The molecule has 0 bridgehead atoms. The number of aliphatic hydroxyl groups excluding tert-OH is 1. The molecule has 1 N–H and O–H groups in total. The third-order valence-corrected chi connectivity index (χ3v) is 2.06. The molecule has 0 radical (unpaired) electrons. The lowest BCUT2D eigenvalue weighted by atomic mass is 10.2. The number of ether oxygens (including phenoxy) is 3. The molecule has 1 aliphatic heterocycles. The Balaban J connectivity index is 1.79. The topological polar surface area (TPSA) is 47.9 Å². The van der Waals surface area contributed by atoms with Crippen LogP contribution in [0.4, 0.5) is 0 Å². The Morgan fingerprint density at radius 2 is 2.21 bits per heavy atom. The molecule has 1 fully saturated rings. The largest absolute Gasteiger partial charge is 0.391 e.